The predicted molar refractivity (Wildman–Crippen MR) is 94.1 cm³/mol. The topological polar surface area (TPSA) is 49.4 Å². The average molecular weight is 357 g/mol. The van der Waals surface area contributed by atoms with E-state index < -0.39 is 4.33 Å². The monoisotopic (exact) mass is 356 g/mol. The Morgan fingerprint density at radius 1 is 1.17 bits per heavy atom. The molecule has 126 valence electrons. The first-order chi connectivity index (χ1) is 10.9. The van der Waals surface area contributed by atoms with Crippen LogP contribution in [0, 0.1) is 5.92 Å². The number of carbonyl (C=O) groups is 2. The van der Waals surface area contributed by atoms with Gasteiger partial charge in [-0.05, 0) is 43.5 Å². The lowest BCUT2D eigenvalue weighted by Crippen LogP contribution is -2.32. The molecule has 0 bridgehead atoms. The number of alkyl halides is 2. The van der Waals surface area contributed by atoms with Crippen LogP contribution in [0.25, 0.3) is 0 Å². The third-order valence-electron chi connectivity index (χ3n) is 3.82. The molecule has 1 fully saturated rings. The van der Waals surface area contributed by atoms with Gasteiger partial charge in [0, 0.05) is 24.3 Å². The van der Waals surface area contributed by atoms with Crippen molar-refractivity contribution < 1.29 is 9.59 Å². The number of anilines is 1. The van der Waals surface area contributed by atoms with Gasteiger partial charge in [0.2, 0.25) is 5.91 Å². The number of nitrogens with one attached hydrogen (secondary N) is 1. The Morgan fingerprint density at radius 2 is 1.70 bits per heavy atom. The Morgan fingerprint density at radius 3 is 2.13 bits per heavy atom. The minimum absolute atomic E-state index is 0.0225. The van der Waals surface area contributed by atoms with Crippen molar-refractivity contribution in [2.75, 3.05) is 18.4 Å². The molecule has 0 aliphatic heterocycles. The van der Waals surface area contributed by atoms with Gasteiger partial charge in [0.25, 0.3) is 5.91 Å². The van der Waals surface area contributed by atoms with Gasteiger partial charge in [-0.3, -0.25) is 9.59 Å². The van der Waals surface area contributed by atoms with E-state index in [2.05, 4.69) is 19.2 Å². The molecule has 1 aliphatic rings. The molecule has 2 amide bonds. The zero-order valence-electron chi connectivity index (χ0n) is 13.4. The van der Waals surface area contributed by atoms with Gasteiger partial charge in [-0.25, -0.2) is 0 Å². The maximum absolute atomic E-state index is 12.5. The van der Waals surface area contributed by atoms with Crippen LogP contribution in [0.3, 0.4) is 0 Å². The van der Waals surface area contributed by atoms with Crippen LogP contribution in [0.15, 0.2) is 24.3 Å². The normalized spacial score (nSPS) is 18.3. The van der Waals surface area contributed by atoms with Crippen molar-refractivity contribution >= 4 is 40.7 Å². The van der Waals surface area contributed by atoms with Gasteiger partial charge >= 0.3 is 0 Å². The Hall–Kier alpha value is -1.26. The predicted octanol–water partition coefficient (Wildman–Crippen LogP) is 4.08. The molecule has 0 spiro atoms. The molecule has 1 N–H and O–H groups in total. The molecule has 1 aliphatic carbocycles. The zero-order valence-corrected chi connectivity index (χ0v) is 15.0. The standard InChI is InChI=1S/C17H22Cl2N2O2/c1-3-9-21(10-4-2)16(23)12-5-7-13(8-6-12)20-15(22)14-11-17(14,18)19/h5-8,14H,3-4,9-11H2,1-2H3,(H,20,22). The summed E-state index contributed by atoms with van der Waals surface area (Å²) in [7, 11) is 0. The SMILES string of the molecule is CCCN(CCC)C(=O)c1ccc(NC(=O)C2CC2(Cl)Cl)cc1. The fourth-order valence-corrected chi connectivity index (χ4v) is 2.97. The second-order valence-electron chi connectivity index (χ2n) is 5.88. The Balaban J connectivity index is 1.98. The minimum Gasteiger partial charge on any atom is -0.339 e. The molecular formula is C17H22Cl2N2O2. The average Bonchev–Trinajstić information content (AvgIpc) is 3.16. The van der Waals surface area contributed by atoms with Crippen LogP contribution >= 0.6 is 23.2 Å². The van der Waals surface area contributed by atoms with E-state index >= 15 is 0 Å². The van der Waals surface area contributed by atoms with Crippen molar-refractivity contribution in [1.29, 1.82) is 0 Å². The number of nitrogens with zero attached hydrogens (tertiary/aromatic N) is 1. The third-order valence-corrected chi connectivity index (χ3v) is 4.65. The quantitative estimate of drug-likeness (QED) is 0.748. The molecule has 1 atom stereocenters. The summed E-state index contributed by atoms with van der Waals surface area (Å²) in [5.74, 6) is -0.529. The molecule has 2 rings (SSSR count). The first kappa shape index (κ1) is 18.1. The maximum atomic E-state index is 12.5. The third kappa shape index (κ3) is 4.61. The fraction of sp³-hybridized carbons (Fsp3) is 0.529. The summed E-state index contributed by atoms with van der Waals surface area (Å²) in [6.45, 7) is 5.61. The number of amides is 2. The van der Waals surface area contributed by atoms with Gasteiger partial charge in [0.1, 0.15) is 4.33 Å². The van der Waals surface area contributed by atoms with E-state index in [0.29, 0.717) is 17.7 Å². The van der Waals surface area contributed by atoms with Gasteiger partial charge in [-0.1, -0.05) is 13.8 Å². The molecule has 23 heavy (non-hydrogen) atoms. The number of benzene rings is 1. The summed E-state index contributed by atoms with van der Waals surface area (Å²) >= 11 is 11.8. The molecule has 1 aromatic rings. The maximum Gasteiger partial charge on any atom is 0.253 e. The highest BCUT2D eigenvalue weighted by Gasteiger charge is 2.56. The molecular weight excluding hydrogens is 335 g/mol. The summed E-state index contributed by atoms with van der Waals surface area (Å²) in [6.07, 6.45) is 2.33. The number of carbonyl (C=O) groups excluding carboxylic acids is 2. The number of halogens is 2. The summed E-state index contributed by atoms with van der Waals surface area (Å²) in [6, 6.07) is 6.93. The Bertz CT molecular complexity index is 566. The molecule has 4 nitrogen and oxygen atoms in total. The van der Waals surface area contributed by atoms with Crippen molar-refractivity contribution in [3.63, 3.8) is 0 Å². The molecule has 0 aromatic heterocycles. The Labute approximate surface area is 147 Å². The summed E-state index contributed by atoms with van der Waals surface area (Å²) < 4.78 is -0.930. The lowest BCUT2D eigenvalue weighted by molar-refractivity contribution is -0.117. The Kier molecular flexibility index (Phi) is 5.93. The van der Waals surface area contributed by atoms with Crippen molar-refractivity contribution in [2.24, 2.45) is 5.92 Å². The van der Waals surface area contributed by atoms with Gasteiger partial charge in [0.15, 0.2) is 0 Å². The molecule has 1 unspecified atom stereocenters. The van der Waals surface area contributed by atoms with Crippen molar-refractivity contribution in [2.45, 2.75) is 37.4 Å². The van der Waals surface area contributed by atoms with Crippen LogP contribution in [-0.2, 0) is 4.79 Å². The van der Waals surface area contributed by atoms with Crippen molar-refractivity contribution in [3.8, 4) is 0 Å². The van der Waals surface area contributed by atoms with Crippen molar-refractivity contribution in [3.05, 3.63) is 29.8 Å². The molecule has 0 radical (unpaired) electrons. The first-order valence-electron chi connectivity index (χ1n) is 7.97. The van der Waals surface area contributed by atoms with Gasteiger partial charge in [-0.2, -0.15) is 0 Å². The fourth-order valence-electron chi connectivity index (χ4n) is 2.46. The van der Waals surface area contributed by atoms with Crippen LogP contribution in [0.2, 0.25) is 0 Å². The number of hydrogen-bond acceptors (Lipinski definition) is 2. The lowest BCUT2D eigenvalue weighted by atomic mass is 10.1. The van der Waals surface area contributed by atoms with Gasteiger partial charge in [0.05, 0.1) is 5.92 Å². The minimum atomic E-state index is -0.930. The smallest absolute Gasteiger partial charge is 0.253 e. The highest BCUT2D eigenvalue weighted by Crippen LogP contribution is 2.53. The van der Waals surface area contributed by atoms with Crippen LogP contribution in [0.4, 0.5) is 5.69 Å². The van der Waals surface area contributed by atoms with E-state index in [1.54, 1.807) is 24.3 Å². The van der Waals surface area contributed by atoms with E-state index in [0.717, 1.165) is 25.9 Å². The van der Waals surface area contributed by atoms with E-state index in [9.17, 15) is 9.59 Å². The van der Waals surface area contributed by atoms with Gasteiger partial charge < -0.3 is 10.2 Å². The highest BCUT2D eigenvalue weighted by molar-refractivity contribution is 6.52. The molecule has 0 saturated heterocycles. The molecule has 1 saturated carbocycles. The van der Waals surface area contributed by atoms with E-state index in [-0.39, 0.29) is 17.7 Å². The van der Waals surface area contributed by atoms with E-state index in [4.69, 9.17) is 23.2 Å². The molecule has 1 aromatic carbocycles. The lowest BCUT2D eigenvalue weighted by Gasteiger charge is -2.21. The van der Waals surface area contributed by atoms with E-state index in [1.165, 1.54) is 0 Å². The number of rotatable bonds is 7. The summed E-state index contributed by atoms with van der Waals surface area (Å²) in [5.41, 5.74) is 1.26. The zero-order chi connectivity index (χ0) is 17.0. The van der Waals surface area contributed by atoms with Crippen LogP contribution < -0.4 is 5.32 Å². The molecule has 0 heterocycles. The second-order valence-corrected chi connectivity index (χ2v) is 7.42. The van der Waals surface area contributed by atoms with E-state index in [1.807, 2.05) is 4.90 Å². The first-order valence-corrected chi connectivity index (χ1v) is 8.72. The second kappa shape index (κ2) is 7.54. The van der Waals surface area contributed by atoms with Crippen LogP contribution in [0.1, 0.15) is 43.5 Å². The highest BCUT2D eigenvalue weighted by atomic mass is 35.5. The van der Waals surface area contributed by atoms with Crippen molar-refractivity contribution in [1.82, 2.24) is 4.90 Å². The summed E-state index contributed by atoms with van der Waals surface area (Å²) in [4.78, 5) is 26.3. The molecule has 6 heteroatoms. The van der Waals surface area contributed by atoms with Crippen LogP contribution in [0.5, 0.6) is 0 Å². The summed E-state index contributed by atoms with van der Waals surface area (Å²) in [5, 5.41) is 2.77. The number of hydrogen-bond donors (Lipinski definition) is 1. The van der Waals surface area contributed by atoms with Gasteiger partial charge in [-0.15, -0.1) is 23.2 Å². The van der Waals surface area contributed by atoms with Crippen LogP contribution in [-0.4, -0.2) is 34.1 Å². The largest absolute Gasteiger partial charge is 0.339 e.